The van der Waals surface area contributed by atoms with E-state index in [1.165, 1.54) is 18.3 Å². The normalized spacial score (nSPS) is 10.8. The quantitative estimate of drug-likeness (QED) is 0.154. The number of carbonyl (C=O) groups is 2. The lowest BCUT2D eigenvalue weighted by atomic mass is 9.89. The highest BCUT2D eigenvalue weighted by molar-refractivity contribution is 6.09. The Kier molecular flexibility index (Phi) is 10.1. The smallest absolute Gasteiger partial charge is 0.336 e. The molecular weight excluding hydrogens is 644 g/mol. The third-order valence-corrected chi connectivity index (χ3v) is 8.00. The van der Waals surface area contributed by atoms with Gasteiger partial charge in [-0.2, -0.15) is 4.98 Å². The summed E-state index contributed by atoms with van der Waals surface area (Å²) in [7, 11) is 7.77. The van der Waals surface area contributed by atoms with Gasteiger partial charge in [0.05, 0.1) is 11.6 Å². The Hall–Kier alpha value is -5.94. The minimum Gasteiger partial charge on any atom is -1.00 e. The molecule has 3 aromatic carbocycles. The maximum absolute atomic E-state index is 13.5. The molecule has 0 fully saturated rings. The molecule has 0 saturated heterocycles. The summed E-state index contributed by atoms with van der Waals surface area (Å²) in [6.07, 6.45) is 1.53. The van der Waals surface area contributed by atoms with Gasteiger partial charge in [0, 0.05) is 66.7 Å². The van der Waals surface area contributed by atoms with Crippen LogP contribution in [0.15, 0.2) is 95.5 Å². The first-order valence-corrected chi connectivity index (χ1v) is 15.2. The summed E-state index contributed by atoms with van der Waals surface area (Å²) in [5, 5.41) is 14.9. The van der Waals surface area contributed by atoms with E-state index >= 15 is 0 Å². The van der Waals surface area contributed by atoms with Gasteiger partial charge in [0.15, 0.2) is 0 Å². The van der Waals surface area contributed by atoms with Gasteiger partial charge < -0.3 is 42.6 Å². The van der Waals surface area contributed by atoms with E-state index < -0.39 is 5.97 Å². The van der Waals surface area contributed by atoms with Gasteiger partial charge in [0.1, 0.15) is 37.9 Å². The summed E-state index contributed by atoms with van der Waals surface area (Å²) in [4.78, 5) is 36.1. The van der Waals surface area contributed by atoms with Crippen LogP contribution in [0.2, 0.25) is 0 Å². The van der Waals surface area contributed by atoms with Gasteiger partial charge in [-0.05, 0) is 59.2 Å². The highest BCUT2D eigenvalue weighted by Gasteiger charge is 2.24. The fourth-order valence-electron chi connectivity index (χ4n) is 5.40. The van der Waals surface area contributed by atoms with Crippen LogP contribution in [0.4, 0.5) is 11.5 Å². The zero-order valence-corrected chi connectivity index (χ0v) is 28.2. The van der Waals surface area contributed by atoms with E-state index in [2.05, 4.69) is 15.3 Å². The number of benzene rings is 4. The van der Waals surface area contributed by atoms with Crippen LogP contribution in [-0.2, 0) is 13.2 Å². The van der Waals surface area contributed by atoms with Crippen molar-refractivity contribution in [1.82, 2.24) is 19.9 Å². The molecule has 1 aromatic heterocycles. The number of nitrogen functional groups attached to an aromatic ring is 1. The molecular formula is C37H35ClN6O5. The Morgan fingerprint density at radius 1 is 0.939 bits per heavy atom. The van der Waals surface area contributed by atoms with E-state index in [0.717, 1.165) is 33.1 Å². The van der Waals surface area contributed by atoms with Crippen LogP contribution in [0, 0.1) is 0 Å². The second-order valence-electron chi connectivity index (χ2n) is 11.7. The van der Waals surface area contributed by atoms with E-state index in [0.29, 0.717) is 33.9 Å². The van der Waals surface area contributed by atoms with Crippen molar-refractivity contribution in [2.24, 2.45) is 0 Å². The number of aromatic nitrogens is 2. The van der Waals surface area contributed by atoms with E-state index in [1.807, 2.05) is 98.3 Å². The number of aromatic carboxylic acids is 1. The Morgan fingerprint density at radius 3 is 2.39 bits per heavy atom. The molecule has 0 spiro atoms. The molecule has 1 amide bonds. The van der Waals surface area contributed by atoms with E-state index in [1.54, 1.807) is 12.1 Å². The number of carboxylic acids is 1. The van der Waals surface area contributed by atoms with Crippen molar-refractivity contribution in [1.29, 1.82) is 0 Å². The lowest BCUT2D eigenvalue weighted by Gasteiger charge is -2.19. The number of fused-ring (bicyclic) bond motifs is 2. The van der Waals surface area contributed by atoms with Crippen LogP contribution in [-0.4, -0.2) is 55.1 Å². The number of halogens is 1. The van der Waals surface area contributed by atoms with Crippen LogP contribution in [0.5, 0.6) is 6.01 Å². The van der Waals surface area contributed by atoms with Crippen molar-refractivity contribution >= 4 is 34.4 Å². The van der Waals surface area contributed by atoms with E-state index in [4.69, 9.17) is 14.9 Å². The Bertz CT molecular complexity index is 2210. The van der Waals surface area contributed by atoms with E-state index in [9.17, 15) is 14.7 Å². The molecule has 2 heterocycles. The average molecular weight is 679 g/mol. The van der Waals surface area contributed by atoms with E-state index in [-0.39, 0.29) is 43.0 Å². The number of ether oxygens (including phenoxy) is 1. The molecule has 250 valence electrons. The van der Waals surface area contributed by atoms with Crippen molar-refractivity contribution in [3.63, 3.8) is 0 Å². The van der Waals surface area contributed by atoms with Crippen LogP contribution in [0.3, 0.4) is 0 Å². The number of nitrogens with zero attached hydrogens (tertiary/aromatic N) is 4. The number of hydrogen-bond donors (Lipinski definition) is 3. The first kappa shape index (κ1) is 34.4. The molecule has 12 heteroatoms. The molecule has 6 rings (SSSR count). The minimum absolute atomic E-state index is 0. The van der Waals surface area contributed by atoms with Crippen molar-refractivity contribution in [3.8, 4) is 28.5 Å². The van der Waals surface area contributed by atoms with Gasteiger partial charge in [-0.25, -0.2) is 14.4 Å². The maximum Gasteiger partial charge on any atom is 0.336 e. The van der Waals surface area contributed by atoms with Crippen molar-refractivity contribution in [2.45, 2.75) is 13.2 Å². The van der Waals surface area contributed by atoms with Gasteiger partial charge in [0.2, 0.25) is 5.36 Å². The third-order valence-electron chi connectivity index (χ3n) is 8.00. The fraction of sp³-hybridized carbons (Fsp3) is 0.162. The number of amides is 1. The van der Waals surface area contributed by atoms with Crippen molar-refractivity contribution in [2.75, 3.05) is 38.8 Å². The van der Waals surface area contributed by atoms with Crippen LogP contribution >= 0.6 is 0 Å². The van der Waals surface area contributed by atoms with Crippen LogP contribution in [0.25, 0.3) is 33.4 Å². The number of carbonyl (C=O) groups excluding carboxylic acids is 1. The molecule has 0 bridgehead atoms. The molecule has 49 heavy (non-hydrogen) atoms. The van der Waals surface area contributed by atoms with Crippen LogP contribution < -0.4 is 43.0 Å². The Morgan fingerprint density at radius 2 is 1.69 bits per heavy atom. The summed E-state index contributed by atoms with van der Waals surface area (Å²) in [6.45, 7) is 0.531. The lowest BCUT2D eigenvalue weighted by molar-refractivity contribution is -0.0000341. The molecule has 0 saturated carbocycles. The largest absolute Gasteiger partial charge is 1.00 e. The van der Waals surface area contributed by atoms with Crippen molar-refractivity contribution in [3.05, 3.63) is 119 Å². The first-order chi connectivity index (χ1) is 23.1. The zero-order valence-electron chi connectivity index (χ0n) is 27.4. The molecule has 4 aromatic rings. The standard InChI is InChI=1S/C37H34N6O5.ClH/c1-42(2)25-10-13-28-31(18-25)48-32-19-26(43(3)4)11-14-29(32)34(28)30-17-24(9-12-27(30)36(45)46)35(44)40-20-22-5-7-23(8-6-22)21-47-37-39-16-15-33(38)41-37;/h5-19H,20-21H2,1-4H3,(H3-,38,39,40,41,44,45,46);1H. The molecule has 2 aliphatic rings. The number of nitrogens with one attached hydrogen (secondary N) is 1. The second-order valence-corrected chi connectivity index (χ2v) is 11.7. The van der Waals surface area contributed by atoms with Gasteiger partial charge in [-0.3, -0.25) is 4.79 Å². The summed E-state index contributed by atoms with van der Waals surface area (Å²) in [6, 6.07) is 25.7. The topological polar surface area (TPSA) is 147 Å². The Labute approximate surface area is 289 Å². The average Bonchev–Trinajstić information content (AvgIpc) is 3.08. The third kappa shape index (κ3) is 7.47. The number of carboxylic acid groups (broad SMARTS) is 1. The summed E-state index contributed by atoms with van der Waals surface area (Å²) >= 11 is 0. The zero-order chi connectivity index (χ0) is 33.9. The molecule has 0 unspecified atom stereocenters. The minimum atomic E-state index is -1.10. The summed E-state index contributed by atoms with van der Waals surface area (Å²) in [5.74, 6) is -0.507. The van der Waals surface area contributed by atoms with Gasteiger partial charge in [-0.15, -0.1) is 0 Å². The highest BCUT2D eigenvalue weighted by atomic mass is 35.5. The lowest BCUT2D eigenvalue weighted by Crippen LogP contribution is -3.00. The Balaban J connectivity index is 0.00000468. The fourth-order valence-corrected chi connectivity index (χ4v) is 5.40. The molecule has 0 radical (unpaired) electrons. The molecule has 11 nitrogen and oxygen atoms in total. The molecule has 1 aliphatic carbocycles. The molecule has 4 N–H and O–H groups in total. The molecule has 1 aliphatic heterocycles. The van der Waals surface area contributed by atoms with Crippen LogP contribution in [0.1, 0.15) is 31.8 Å². The SMILES string of the molecule is CN(C)c1ccc2c(-c3cc(C(=O)NCc4ccc(COc5nccc(N)n5)cc4)ccc3C(=O)O)c3ccc(=[N+](C)C)cc-3oc2c1.[Cl-]. The first-order valence-electron chi connectivity index (χ1n) is 15.2. The second kappa shape index (κ2) is 14.4. The number of rotatable bonds is 9. The van der Waals surface area contributed by atoms with Gasteiger partial charge in [0.25, 0.3) is 5.91 Å². The monoisotopic (exact) mass is 678 g/mol. The predicted molar refractivity (Wildman–Crippen MR) is 185 cm³/mol. The van der Waals surface area contributed by atoms with Gasteiger partial charge >= 0.3 is 12.0 Å². The summed E-state index contributed by atoms with van der Waals surface area (Å²) in [5.41, 5.74) is 11.2. The summed E-state index contributed by atoms with van der Waals surface area (Å²) < 4.78 is 14.0. The highest BCUT2D eigenvalue weighted by Crippen LogP contribution is 2.42. The number of nitrogens with two attached hydrogens (primary N) is 1. The van der Waals surface area contributed by atoms with Crippen molar-refractivity contribution < 1.29 is 36.3 Å². The number of hydrogen-bond acceptors (Lipinski definition) is 8. The van der Waals surface area contributed by atoms with Gasteiger partial charge in [-0.1, -0.05) is 24.3 Å². The maximum atomic E-state index is 13.5. The molecule has 0 atom stereocenters. The number of anilines is 2. The predicted octanol–water partition coefficient (Wildman–Crippen LogP) is 1.89.